The van der Waals surface area contributed by atoms with Gasteiger partial charge in [0.2, 0.25) is 0 Å². The minimum absolute atomic E-state index is 0.0245. The number of Topliss-reactive ketones (excluding diaryl/α,β-unsaturated/α-hetero) is 1. The van der Waals surface area contributed by atoms with Crippen molar-refractivity contribution in [1.29, 1.82) is 0 Å². The maximum absolute atomic E-state index is 15.2. The number of nitrogens with zero attached hydrogens (tertiary/aromatic N) is 1. The van der Waals surface area contributed by atoms with Gasteiger partial charge in [-0.1, -0.05) is 90.9 Å². The van der Waals surface area contributed by atoms with Gasteiger partial charge in [0.05, 0.1) is 55.7 Å². The SMILES string of the molecule is CO.CO.CO/N=C(\CCOC1[C@@H](C)CC(C)C(=O)OC([C@H](C)COCCCCC(C)O)[C@H](C)[C@@H](OC(=O)CC(C)C)C(C)C(=O)[C@@](C)(OC(=O)NCc2ccccc2)C[C@@H]1C)CC(C)O.O=C1OC(CO)C(CCO)O1. The number of ketones is 1. The molecule has 0 radical (unpaired) electrons. The van der Waals surface area contributed by atoms with Gasteiger partial charge in [0.1, 0.15) is 25.4 Å². The van der Waals surface area contributed by atoms with Gasteiger partial charge in [0, 0.05) is 71.5 Å². The molecule has 0 aromatic heterocycles. The molecule has 7 N–H and O–H groups in total. The summed E-state index contributed by atoms with van der Waals surface area (Å²) >= 11 is 0. The van der Waals surface area contributed by atoms with Crippen molar-refractivity contribution in [3.8, 4) is 0 Å². The van der Waals surface area contributed by atoms with Crippen molar-refractivity contribution in [2.75, 3.05) is 54.4 Å². The standard InChI is InChI=1S/C48H80N2O12.C6H10O5.2CH4O/c1-30(2)24-41(53)60-44-37(9)43(34(6)29-58-22-17-16-18-35(7)51)61-46(55)32(4)25-31(3)42(59-23-21-40(50-57-12)26-36(8)52)33(5)27-48(11,45(54)38(44)10)62-47(56)49-28-39-19-14-13-15-20-39;7-2-1-4-5(3-8)11-6(9)10-4;2*1-2/h13-15,19-20,30-38,42-44,51-52H,16-18,21-29H2,1-12H3,(H,49,56);4-5,7-8H,1-3H2;2*2H,1H3/b50-40+;;;/t31-,32?,33-,34+,35?,36?,37-,38?,42?,43?,44+,48-;;;/m0.../s1. The molecule has 8 unspecified atom stereocenters. The van der Waals surface area contributed by atoms with Crippen LogP contribution in [0.25, 0.3) is 0 Å². The zero-order valence-corrected chi connectivity index (χ0v) is 48.5. The van der Waals surface area contributed by atoms with Gasteiger partial charge in [-0.3, -0.25) is 14.4 Å². The molecule has 2 saturated heterocycles. The second-order valence-electron chi connectivity index (χ2n) is 20.9. The van der Waals surface area contributed by atoms with E-state index in [1.54, 1.807) is 27.7 Å². The molecule has 2 fully saturated rings. The summed E-state index contributed by atoms with van der Waals surface area (Å²) in [5, 5.41) is 57.8. The number of carbonyl (C=O) groups excluding carboxylic acids is 5. The molecule has 21 heteroatoms. The molecule has 77 heavy (non-hydrogen) atoms. The first-order chi connectivity index (χ1) is 36.5. The lowest BCUT2D eigenvalue weighted by molar-refractivity contribution is -0.177. The van der Waals surface area contributed by atoms with Crippen molar-refractivity contribution < 1.29 is 92.6 Å². The van der Waals surface area contributed by atoms with Gasteiger partial charge in [0.25, 0.3) is 0 Å². The zero-order valence-electron chi connectivity index (χ0n) is 48.5. The quantitative estimate of drug-likeness (QED) is 0.0196. The van der Waals surface area contributed by atoms with Gasteiger partial charge in [-0.05, 0) is 76.2 Å². The number of benzene rings is 1. The molecule has 446 valence electrons. The maximum atomic E-state index is 15.2. The summed E-state index contributed by atoms with van der Waals surface area (Å²) in [6.45, 7) is 20.7. The van der Waals surface area contributed by atoms with Crippen LogP contribution in [0.2, 0.25) is 0 Å². The Morgan fingerprint density at radius 3 is 2.04 bits per heavy atom. The summed E-state index contributed by atoms with van der Waals surface area (Å²) in [7, 11) is 3.44. The molecule has 1 aromatic carbocycles. The van der Waals surface area contributed by atoms with E-state index < -0.39 is 102 Å². The number of cyclic esters (lactones) is 3. The maximum Gasteiger partial charge on any atom is 0.509 e. The molecule has 0 spiro atoms. The lowest BCUT2D eigenvalue weighted by Gasteiger charge is -2.41. The largest absolute Gasteiger partial charge is 0.509 e. The van der Waals surface area contributed by atoms with Crippen LogP contribution in [-0.2, 0) is 58.9 Å². The molecule has 0 saturated carbocycles. The number of hydrogen-bond donors (Lipinski definition) is 7. The topological polar surface area (TPSA) is 305 Å². The molecule has 14 atom stereocenters. The Morgan fingerprint density at radius 1 is 0.831 bits per heavy atom. The van der Waals surface area contributed by atoms with Crippen LogP contribution in [0, 0.1) is 41.4 Å². The number of amides is 1. The third-order valence-electron chi connectivity index (χ3n) is 13.2. The van der Waals surface area contributed by atoms with Crippen molar-refractivity contribution in [2.24, 2.45) is 46.6 Å². The zero-order chi connectivity index (χ0) is 58.8. The van der Waals surface area contributed by atoms with Crippen LogP contribution in [0.5, 0.6) is 0 Å². The van der Waals surface area contributed by atoms with Crippen molar-refractivity contribution in [3.05, 3.63) is 35.9 Å². The van der Waals surface area contributed by atoms with E-state index in [0.717, 1.165) is 32.6 Å². The molecule has 1 aromatic rings. The van der Waals surface area contributed by atoms with Crippen molar-refractivity contribution >= 4 is 35.7 Å². The van der Waals surface area contributed by atoms with Gasteiger partial charge in [0.15, 0.2) is 17.5 Å². The average Bonchev–Trinajstić information content (AvgIpc) is 3.75. The predicted octanol–water partition coefficient (Wildman–Crippen LogP) is 6.32. The average molecular weight is 1100 g/mol. The number of unbranched alkanes of at least 4 members (excludes halogenated alkanes) is 1. The van der Waals surface area contributed by atoms with Crippen LogP contribution < -0.4 is 5.32 Å². The van der Waals surface area contributed by atoms with Gasteiger partial charge in [-0.15, -0.1) is 0 Å². The van der Waals surface area contributed by atoms with Crippen molar-refractivity contribution in [2.45, 2.75) is 189 Å². The van der Waals surface area contributed by atoms with E-state index in [0.29, 0.717) is 44.4 Å². The van der Waals surface area contributed by atoms with Gasteiger partial charge < -0.3 is 74.0 Å². The van der Waals surface area contributed by atoms with E-state index in [1.807, 2.05) is 78.8 Å². The lowest BCUT2D eigenvalue weighted by Crippen LogP contribution is -2.53. The Bertz CT molecular complexity index is 1820. The highest BCUT2D eigenvalue weighted by Gasteiger charge is 2.49. The molecular formula is C56H98N2O19. The second-order valence-corrected chi connectivity index (χ2v) is 20.9. The Labute approximate surface area is 458 Å². The van der Waals surface area contributed by atoms with Crippen LogP contribution in [0.1, 0.15) is 140 Å². The second kappa shape index (κ2) is 39.8. The number of esters is 2. The lowest BCUT2D eigenvalue weighted by atomic mass is 9.74. The van der Waals surface area contributed by atoms with Crippen LogP contribution in [-0.4, -0.2) is 169 Å². The molecule has 2 aliphatic rings. The molecule has 1 amide bonds. The minimum Gasteiger partial charge on any atom is -0.461 e. The minimum atomic E-state index is -1.72. The highest BCUT2D eigenvalue weighted by atomic mass is 16.8. The summed E-state index contributed by atoms with van der Waals surface area (Å²) in [5.41, 5.74) is -0.258. The number of hydrogen-bond acceptors (Lipinski definition) is 20. The van der Waals surface area contributed by atoms with Gasteiger partial charge >= 0.3 is 24.2 Å². The van der Waals surface area contributed by atoms with E-state index in [9.17, 15) is 29.4 Å². The number of aliphatic hydroxyl groups is 6. The van der Waals surface area contributed by atoms with Crippen LogP contribution >= 0.6 is 0 Å². The van der Waals surface area contributed by atoms with E-state index >= 15 is 4.79 Å². The number of rotatable bonds is 24. The van der Waals surface area contributed by atoms with E-state index in [4.69, 9.17) is 48.9 Å². The highest BCUT2D eigenvalue weighted by molar-refractivity contribution is 5.91. The molecule has 0 bridgehead atoms. The Balaban J connectivity index is 0.00000334. The van der Waals surface area contributed by atoms with Crippen molar-refractivity contribution in [1.82, 2.24) is 5.32 Å². The van der Waals surface area contributed by atoms with Crippen molar-refractivity contribution in [3.63, 3.8) is 0 Å². The molecule has 21 nitrogen and oxygen atoms in total. The monoisotopic (exact) mass is 1100 g/mol. The van der Waals surface area contributed by atoms with E-state index in [2.05, 4.69) is 19.9 Å². The number of oxime groups is 1. The van der Waals surface area contributed by atoms with Crippen LogP contribution in [0.4, 0.5) is 9.59 Å². The Kier molecular flexibility index (Phi) is 37.5. The normalized spacial score (nSPS) is 27.2. The first-order valence-corrected chi connectivity index (χ1v) is 27.0. The number of alkyl carbamates (subject to hydrolysis) is 1. The predicted molar refractivity (Wildman–Crippen MR) is 288 cm³/mol. The smallest absolute Gasteiger partial charge is 0.461 e. The Hall–Kier alpha value is -4.48. The molecule has 0 aliphatic carbocycles. The van der Waals surface area contributed by atoms with Gasteiger partial charge in [-0.2, -0.15) is 0 Å². The summed E-state index contributed by atoms with van der Waals surface area (Å²) in [4.78, 5) is 72.0. The Morgan fingerprint density at radius 2 is 1.47 bits per heavy atom. The fourth-order valence-electron chi connectivity index (χ4n) is 9.55. The summed E-state index contributed by atoms with van der Waals surface area (Å²) in [6, 6.07) is 9.35. The highest BCUT2D eigenvalue weighted by Crippen LogP contribution is 2.37. The first kappa shape index (κ1) is 72.5. The van der Waals surface area contributed by atoms with Crippen LogP contribution in [0.3, 0.4) is 0 Å². The number of nitrogens with one attached hydrogen (secondary N) is 1. The van der Waals surface area contributed by atoms with E-state index in [1.165, 1.54) is 7.11 Å². The number of ether oxygens (including phenoxy) is 7. The van der Waals surface area contributed by atoms with Crippen LogP contribution in [0.15, 0.2) is 35.5 Å². The fraction of sp³-hybridized carbons (Fsp3) is 0.786. The summed E-state index contributed by atoms with van der Waals surface area (Å²) in [5.74, 6) is -4.67. The first-order valence-electron chi connectivity index (χ1n) is 27.0. The number of carbonyl (C=O) groups is 5. The third kappa shape index (κ3) is 27.8. The molecule has 2 aliphatic heterocycles. The summed E-state index contributed by atoms with van der Waals surface area (Å²) < 4.78 is 40.7. The fourth-order valence-corrected chi connectivity index (χ4v) is 9.55. The number of aliphatic hydroxyl groups excluding tert-OH is 6. The van der Waals surface area contributed by atoms with Gasteiger partial charge in [-0.25, -0.2) is 9.59 Å². The molecule has 3 rings (SSSR count). The molecule has 2 heterocycles. The third-order valence-corrected chi connectivity index (χ3v) is 13.2. The molecular weight excluding hydrogens is 1000 g/mol. The summed E-state index contributed by atoms with van der Waals surface area (Å²) in [6.07, 6.45) is -2.44. The van der Waals surface area contributed by atoms with E-state index in [-0.39, 0.29) is 63.6 Å².